The van der Waals surface area contributed by atoms with Crippen molar-refractivity contribution in [3.8, 4) is 0 Å². The lowest BCUT2D eigenvalue weighted by atomic mass is 10.1. The normalized spacial score (nSPS) is 17.5. The van der Waals surface area contributed by atoms with Crippen molar-refractivity contribution in [3.05, 3.63) is 0 Å². The van der Waals surface area contributed by atoms with Crippen molar-refractivity contribution >= 4 is 17.8 Å². The van der Waals surface area contributed by atoms with E-state index in [2.05, 4.69) is 10.6 Å². The Hall–Kier alpha value is -0.420. The zero-order valence-electron chi connectivity index (χ0n) is 9.58. The molecule has 2 amide bonds. The molecule has 0 radical (unpaired) electrons. The second-order valence-electron chi connectivity index (χ2n) is 3.97. The van der Waals surface area contributed by atoms with Crippen LogP contribution in [0.25, 0.3) is 0 Å². The number of nitrogens with one attached hydrogen (secondary N) is 2. The number of thioether (sulfide) groups is 1. The van der Waals surface area contributed by atoms with Crippen molar-refractivity contribution in [1.29, 1.82) is 0 Å². The minimum atomic E-state index is -0.0176. The summed E-state index contributed by atoms with van der Waals surface area (Å²) in [7, 11) is 3.50. The molecular formula is C10H21N3OS. The molecule has 1 saturated heterocycles. The average molecular weight is 231 g/mol. The summed E-state index contributed by atoms with van der Waals surface area (Å²) in [6, 6.07) is 0.638. The third-order valence-corrected chi connectivity index (χ3v) is 3.51. The van der Waals surface area contributed by atoms with Crippen LogP contribution in [0.5, 0.6) is 0 Å². The first-order valence-corrected chi connectivity index (χ1v) is 6.62. The van der Waals surface area contributed by atoms with Gasteiger partial charge in [-0.15, -0.1) is 0 Å². The van der Waals surface area contributed by atoms with Crippen LogP contribution < -0.4 is 10.6 Å². The highest BCUT2D eigenvalue weighted by atomic mass is 32.2. The number of hydrogen-bond donors (Lipinski definition) is 2. The van der Waals surface area contributed by atoms with Crippen LogP contribution >= 0.6 is 11.8 Å². The van der Waals surface area contributed by atoms with Crippen LogP contribution in [-0.2, 0) is 0 Å². The Morgan fingerprint density at radius 3 is 2.60 bits per heavy atom. The Labute approximate surface area is 96.2 Å². The Morgan fingerprint density at radius 1 is 1.33 bits per heavy atom. The topological polar surface area (TPSA) is 44.4 Å². The van der Waals surface area contributed by atoms with Crippen molar-refractivity contribution in [2.45, 2.75) is 18.9 Å². The number of nitrogens with zero attached hydrogens (tertiary/aromatic N) is 1. The lowest BCUT2D eigenvalue weighted by Crippen LogP contribution is -2.41. The quantitative estimate of drug-likeness (QED) is 0.702. The fraction of sp³-hybridized carbons (Fsp3) is 0.900. The highest BCUT2D eigenvalue weighted by Gasteiger charge is 2.12. The molecule has 0 saturated carbocycles. The zero-order valence-corrected chi connectivity index (χ0v) is 10.4. The van der Waals surface area contributed by atoms with Gasteiger partial charge in [0, 0.05) is 33.2 Å². The lowest BCUT2D eigenvalue weighted by molar-refractivity contribution is 0.217. The van der Waals surface area contributed by atoms with E-state index < -0.39 is 0 Å². The number of rotatable bonds is 4. The molecule has 0 aliphatic carbocycles. The maximum atomic E-state index is 11.2. The minimum absolute atomic E-state index is 0.0176. The highest BCUT2D eigenvalue weighted by molar-refractivity contribution is 7.99. The van der Waals surface area contributed by atoms with Crippen LogP contribution in [0.15, 0.2) is 0 Å². The predicted octanol–water partition coefficient (Wildman–Crippen LogP) is 0.743. The molecule has 2 N–H and O–H groups in total. The molecule has 1 aliphatic rings. The van der Waals surface area contributed by atoms with E-state index in [-0.39, 0.29) is 6.03 Å². The molecule has 0 atom stereocenters. The minimum Gasteiger partial charge on any atom is -0.337 e. The van der Waals surface area contributed by atoms with Crippen LogP contribution in [-0.4, -0.2) is 55.7 Å². The summed E-state index contributed by atoms with van der Waals surface area (Å²) in [5.74, 6) is 2.53. The summed E-state index contributed by atoms with van der Waals surface area (Å²) in [6.07, 6.45) is 2.51. The summed E-state index contributed by atoms with van der Waals surface area (Å²) in [6.45, 7) is 1.58. The lowest BCUT2D eigenvalue weighted by Gasteiger charge is -2.22. The number of carbonyl (C=O) groups excluding carboxylic acids is 1. The van der Waals surface area contributed by atoms with Gasteiger partial charge in [0.2, 0.25) is 0 Å². The molecule has 1 rings (SSSR count). The zero-order chi connectivity index (χ0) is 11.1. The van der Waals surface area contributed by atoms with E-state index in [0.717, 1.165) is 6.54 Å². The van der Waals surface area contributed by atoms with Gasteiger partial charge in [-0.1, -0.05) is 0 Å². The number of amides is 2. The maximum absolute atomic E-state index is 11.2. The van der Waals surface area contributed by atoms with Crippen molar-refractivity contribution in [3.63, 3.8) is 0 Å². The molecular weight excluding hydrogens is 210 g/mol. The van der Waals surface area contributed by atoms with E-state index in [1.54, 1.807) is 19.0 Å². The van der Waals surface area contributed by atoms with E-state index in [9.17, 15) is 4.79 Å². The summed E-state index contributed by atoms with van der Waals surface area (Å²) in [5.41, 5.74) is 0. The Kier molecular flexibility index (Phi) is 5.86. The summed E-state index contributed by atoms with van der Waals surface area (Å²) in [4.78, 5) is 12.7. The van der Waals surface area contributed by atoms with Gasteiger partial charge in [-0.2, -0.15) is 11.8 Å². The van der Waals surface area contributed by atoms with Crippen LogP contribution in [0.4, 0.5) is 4.79 Å². The van der Waals surface area contributed by atoms with E-state index in [4.69, 9.17) is 0 Å². The highest BCUT2D eigenvalue weighted by Crippen LogP contribution is 2.16. The molecule has 5 heteroatoms. The fourth-order valence-corrected chi connectivity index (χ4v) is 2.61. The van der Waals surface area contributed by atoms with Gasteiger partial charge in [-0.05, 0) is 24.3 Å². The SMILES string of the molecule is CN(C)C(=O)NCCNC1CCSCC1. The van der Waals surface area contributed by atoms with Gasteiger partial charge >= 0.3 is 6.03 Å². The molecule has 1 aliphatic heterocycles. The Bertz CT molecular complexity index is 193. The van der Waals surface area contributed by atoms with Crippen LogP contribution in [0.1, 0.15) is 12.8 Å². The second kappa shape index (κ2) is 6.95. The van der Waals surface area contributed by atoms with Crippen LogP contribution in [0.2, 0.25) is 0 Å². The third-order valence-electron chi connectivity index (χ3n) is 2.46. The Balaban J connectivity index is 1.98. The van der Waals surface area contributed by atoms with Crippen molar-refractivity contribution in [1.82, 2.24) is 15.5 Å². The van der Waals surface area contributed by atoms with Gasteiger partial charge in [-0.3, -0.25) is 0 Å². The van der Waals surface area contributed by atoms with Gasteiger partial charge in [-0.25, -0.2) is 4.79 Å². The van der Waals surface area contributed by atoms with E-state index in [1.807, 2.05) is 11.8 Å². The average Bonchev–Trinajstić information content (AvgIpc) is 2.25. The molecule has 4 nitrogen and oxygen atoms in total. The third kappa shape index (κ3) is 5.28. The molecule has 0 bridgehead atoms. The molecule has 88 valence electrons. The smallest absolute Gasteiger partial charge is 0.316 e. The number of hydrogen-bond acceptors (Lipinski definition) is 3. The first-order chi connectivity index (χ1) is 7.20. The largest absolute Gasteiger partial charge is 0.337 e. The Morgan fingerprint density at radius 2 is 2.00 bits per heavy atom. The second-order valence-corrected chi connectivity index (χ2v) is 5.19. The summed E-state index contributed by atoms with van der Waals surface area (Å²) in [5, 5.41) is 6.31. The van der Waals surface area contributed by atoms with Gasteiger partial charge in [0.1, 0.15) is 0 Å². The number of urea groups is 1. The molecule has 0 spiro atoms. The molecule has 0 aromatic rings. The standard InChI is InChI=1S/C10H21N3OS/c1-13(2)10(14)12-6-5-11-9-3-7-15-8-4-9/h9,11H,3-8H2,1-2H3,(H,12,14). The van der Waals surface area contributed by atoms with Crippen molar-refractivity contribution in [2.75, 3.05) is 38.7 Å². The molecule has 0 unspecified atom stereocenters. The first kappa shape index (κ1) is 12.6. The molecule has 15 heavy (non-hydrogen) atoms. The van der Waals surface area contributed by atoms with Gasteiger partial charge in [0.15, 0.2) is 0 Å². The van der Waals surface area contributed by atoms with E-state index in [0.29, 0.717) is 12.6 Å². The first-order valence-electron chi connectivity index (χ1n) is 5.46. The van der Waals surface area contributed by atoms with Gasteiger partial charge in [0.05, 0.1) is 0 Å². The predicted molar refractivity (Wildman–Crippen MR) is 65.4 cm³/mol. The van der Waals surface area contributed by atoms with Gasteiger partial charge < -0.3 is 15.5 Å². The van der Waals surface area contributed by atoms with E-state index >= 15 is 0 Å². The molecule has 1 fully saturated rings. The van der Waals surface area contributed by atoms with E-state index in [1.165, 1.54) is 24.3 Å². The fourth-order valence-electron chi connectivity index (χ4n) is 1.51. The van der Waals surface area contributed by atoms with Crippen LogP contribution in [0, 0.1) is 0 Å². The summed E-state index contributed by atoms with van der Waals surface area (Å²) < 4.78 is 0. The molecule has 0 aromatic heterocycles. The maximum Gasteiger partial charge on any atom is 0.316 e. The molecule has 0 aromatic carbocycles. The number of carbonyl (C=O) groups is 1. The van der Waals surface area contributed by atoms with Crippen molar-refractivity contribution < 1.29 is 4.79 Å². The van der Waals surface area contributed by atoms with Crippen molar-refractivity contribution in [2.24, 2.45) is 0 Å². The summed E-state index contributed by atoms with van der Waals surface area (Å²) >= 11 is 2.03. The monoisotopic (exact) mass is 231 g/mol. The molecule has 1 heterocycles. The van der Waals surface area contributed by atoms with Gasteiger partial charge in [0.25, 0.3) is 0 Å². The van der Waals surface area contributed by atoms with Crippen LogP contribution in [0.3, 0.4) is 0 Å².